The number of nitrogen functional groups attached to an aromatic ring is 4. The Bertz CT molecular complexity index is 2990. The summed E-state index contributed by atoms with van der Waals surface area (Å²) in [6, 6.07) is 33.2. The molecule has 0 saturated heterocycles. The minimum absolute atomic E-state index is 0. The summed E-state index contributed by atoms with van der Waals surface area (Å²) in [6.45, 7) is 37.0. The molecule has 6 rings (SSSR count). The van der Waals surface area contributed by atoms with Gasteiger partial charge in [0.15, 0.2) is 0 Å². The highest BCUT2D eigenvalue weighted by molar-refractivity contribution is 5.98. The maximum atomic E-state index is 13.4. The number of amides is 2. The number of carbonyl (C=O) groups excluding carboxylic acids is 2. The number of nitrogens with two attached hydrogens (primary N) is 6. The first-order valence-corrected chi connectivity index (χ1v) is 26.3. The quantitative estimate of drug-likeness (QED) is 0.0561. The Labute approximate surface area is 488 Å². The van der Waals surface area contributed by atoms with Gasteiger partial charge in [-0.25, -0.2) is 8.78 Å². The van der Waals surface area contributed by atoms with E-state index in [-0.39, 0.29) is 86.3 Å². The highest BCUT2D eigenvalue weighted by Gasteiger charge is 2.21. The van der Waals surface area contributed by atoms with Gasteiger partial charge in [-0.15, -0.1) is 0 Å². The summed E-state index contributed by atoms with van der Waals surface area (Å²) >= 11 is 0. The molecule has 0 aliphatic heterocycles. The van der Waals surface area contributed by atoms with Gasteiger partial charge in [-0.3, -0.25) is 36.2 Å². The molecule has 0 aliphatic rings. The van der Waals surface area contributed by atoms with Crippen LogP contribution < -0.4 is 34.4 Å². The van der Waals surface area contributed by atoms with E-state index < -0.39 is 11.7 Å². The number of phenols is 1. The van der Waals surface area contributed by atoms with E-state index in [1.807, 2.05) is 96.1 Å². The first-order valence-electron chi connectivity index (χ1n) is 26.3. The van der Waals surface area contributed by atoms with E-state index >= 15 is 0 Å². The van der Waals surface area contributed by atoms with Crippen LogP contribution in [0.2, 0.25) is 0 Å². The number of nitrogens with one attached hydrogen (secondary N) is 4. The van der Waals surface area contributed by atoms with Gasteiger partial charge in [-0.2, -0.15) is 0 Å². The summed E-state index contributed by atoms with van der Waals surface area (Å²) in [5.41, 5.74) is 40.1. The van der Waals surface area contributed by atoms with E-state index in [2.05, 4.69) is 88.1 Å². The molecular weight excluding hydrogens is 1030 g/mol. The van der Waals surface area contributed by atoms with Gasteiger partial charge in [0.1, 0.15) is 46.4 Å². The number of amidine groups is 4. The van der Waals surface area contributed by atoms with Crippen LogP contribution in [-0.4, -0.2) is 45.2 Å². The highest BCUT2D eigenvalue weighted by atomic mass is 19.1. The topological polar surface area (TPSA) is 319 Å². The molecule has 1 aromatic heterocycles. The van der Waals surface area contributed by atoms with E-state index in [1.165, 1.54) is 29.8 Å². The number of aromatic hydroxyl groups is 1. The number of rotatable bonds is 6. The molecule has 446 valence electrons. The van der Waals surface area contributed by atoms with Crippen molar-refractivity contribution in [2.24, 2.45) is 34.4 Å². The summed E-state index contributed by atoms with van der Waals surface area (Å²) in [6.07, 6.45) is 1.77. The molecule has 0 radical (unpaired) electrons. The predicted octanol–water partition coefficient (Wildman–Crippen LogP) is 13.3. The fourth-order valence-electron chi connectivity index (χ4n) is 6.96. The predicted molar refractivity (Wildman–Crippen MR) is 338 cm³/mol. The van der Waals surface area contributed by atoms with Gasteiger partial charge in [0.05, 0.1) is 11.1 Å². The van der Waals surface area contributed by atoms with Gasteiger partial charge in [0.2, 0.25) is 11.8 Å². The van der Waals surface area contributed by atoms with Crippen LogP contribution in [0.5, 0.6) is 5.75 Å². The van der Waals surface area contributed by atoms with E-state index in [4.69, 9.17) is 56.0 Å². The fraction of sp³-hybridized carbons (Fsp3) is 0.379. The van der Waals surface area contributed by atoms with Crippen molar-refractivity contribution in [3.63, 3.8) is 0 Å². The largest absolute Gasteiger partial charge is 0.507 e. The van der Waals surface area contributed by atoms with Crippen molar-refractivity contribution in [3.8, 4) is 5.75 Å². The summed E-state index contributed by atoms with van der Waals surface area (Å²) in [4.78, 5) is 25.9. The fourth-order valence-corrected chi connectivity index (χ4v) is 6.96. The third-order valence-corrected chi connectivity index (χ3v) is 12.3. The van der Waals surface area contributed by atoms with Crippen molar-refractivity contribution in [2.75, 3.05) is 0 Å². The third kappa shape index (κ3) is 24.6. The van der Waals surface area contributed by atoms with Crippen molar-refractivity contribution in [3.05, 3.63) is 200 Å². The molecule has 17 N–H and O–H groups in total. The Balaban J connectivity index is 0.000000958. The number of halogens is 2. The standard InChI is InChI=1S/C11H15FN2.C11H14FNO.C11H16N2O.C11H16N2.C11H15NO.C10H15N3.CH4/c1-11(2,3)7-4-5-8(10(13)14)9(12)6-7;1-11(2,3)8-6-7(10(13)14)4-5-9(8)12;1-11(2,3)7-4-5-8(10(12)13)9(14)6-7;1-11(2,3)9-6-4-8(5-7-9)10(12)13;1-11(2,3)9-6-4-5-8(7-9)10(12)13;1-10(2,3)7-4-5-8(9(11)12)13-6-7;/h4-6H,1-3H3,(H3,13,14);4-6H,1-3H3,(H2,13,14);4-6,14H,1-3H3,(H3,12,13);4-7H,1-3H3,(H3,12,13);4-7H,1-3H3,(H2,12,13);4-6H,1-3H3,(H3,11,12);1H4. The van der Waals surface area contributed by atoms with Crippen LogP contribution in [0.3, 0.4) is 0 Å². The molecule has 0 fully saturated rings. The number of hydrogen-bond acceptors (Lipinski definition) is 8. The Morgan fingerprint density at radius 2 is 0.793 bits per heavy atom. The second-order valence-electron chi connectivity index (χ2n) is 25.6. The van der Waals surface area contributed by atoms with Crippen molar-refractivity contribution in [2.45, 2.75) is 165 Å². The Hall–Kier alpha value is -8.27. The van der Waals surface area contributed by atoms with Gasteiger partial charge < -0.3 is 39.5 Å². The van der Waals surface area contributed by atoms with Crippen LogP contribution in [0.1, 0.15) is 209 Å². The molecule has 16 heteroatoms. The number of nitrogens with zero attached hydrogens (tertiary/aromatic N) is 1. The van der Waals surface area contributed by atoms with Crippen LogP contribution >= 0.6 is 0 Å². The van der Waals surface area contributed by atoms with Crippen molar-refractivity contribution >= 4 is 35.2 Å². The Morgan fingerprint density at radius 1 is 0.402 bits per heavy atom. The monoisotopic (exact) mass is 1130 g/mol. The smallest absolute Gasteiger partial charge is 0.248 e. The molecule has 5 aromatic carbocycles. The average molecular weight is 1130 g/mol. The number of primary amides is 2. The summed E-state index contributed by atoms with van der Waals surface area (Å²) in [7, 11) is 0. The molecule has 0 aliphatic carbocycles. The van der Waals surface area contributed by atoms with Crippen LogP contribution in [-0.2, 0) is 32.5 Å². The maximum Gasteiger partial charge on any atom is 0.248 e. The van der Waals surface area contributed by atoms with Crippen LogP contribution in [0.25, 0.3) is 0 Å². The number of carbonyl (C=O) groups is 2. The molecule has 0 saturated carbocycles. The average Bonchev–Trinajstić information content (AvgIpc) is 3.35. The zero-order chi connectivity index (χ0) is 63.0. The van der Waals surface area contributed by atoms with Crippen LogP contribution in [0, 0.1) is 33.3 Å². The number of hydrogen-bond donors (Lipinski definition) is 11. The minimum Gasteiger partial charge on any atom is -0.507 e. The lowest BCUT2D eigenvalue weighted by molar-refractivity contribution is 0.0991. The van der Waals surface area contributed by atoms with Gasteiger partial charge in [0, 0.05) is 22.9 Å². The van der Waals surface area contributed by atoms with Gasteiger partial charge in [-0.05, 0) is 127 Å². The number of phenolic OH excluding ortho intramolecular Hbond substituents is 1. The molecule has 6 aromatic rings. The molecule has 0 spiro atoms. The zero-order valence-electron chi connectivity index (χ0n) is 51.0. The Morgan fingerprint density at radius 3 is 1.15 bits per heavy atom. The molecule has 0 atom stereocenters. The zero-order valence-corrected chi connectivity index (χ0v) is 51.0. The molecule has 1 heterocycles. The lowest BCUT2D eigenvalue weighted by Crippen LogP contribution is -2.17. The summed E-state index contributed by atoms with van der Waals surface area (Å²) in [5.74, 6) is -1.76. The molecule has 14 nitrogen and oxygen atoms in total. The van der Waals surface area contributed by atoms with Gasteiger partial charge in [0.25, 0.3) is 0 Å². The lowest BCUT2D eigenvalue weighted by Gasteiger charge is -2.20. The summed E-state index contributed by atoms with van der Waals surface area (Å²) in [5, 5.41) is 38.4. The SMILES string of the molecule is C.CC(C)(C)c1cc(C(N)=O)ccc1F.CC(C)(C)c1ccc(C(=N)N)c(F)c1.CC(C)(C)c1ccc(C(=N)N)c(O)c1.CC(C)(C)c1ccc(C(=N)N)cc1.CC(C)(C)c1ccc(C(=N)N)nc1.CC(C)(C)c1cccc(C(N)=O)c1. The first kappa shape index (κ1) is 73.7. The van der Waals surface area contributed by atoms with Crippen molar-refractivity contribution in [1.29, 1.82) is 21.6 Å². The highest BCUT2D eigenvalue weighted by Crippen LogP contribution is 2.29. The first-order chi connectivity index (χ1) is 36.7. The van der Waals surface area contributed by atoms with E-state index in [0.717, 1.165) is 27.8 Å². The third-order valence-electron chi connectivity index (χ3n) is 12.3. The van der Waals surface area contributed by atoms with Crippen LogP contribution in [0.15, 0.2) is 121 Å². The number of pyridine rings is 1. The number of aromatic nitrogens is 1. The lowest BCUT2D eigenvalue weighted by atomic mass is 9.85. The maximum absolute atomic E-state index is 13.4. The molecule has 0 unspecified atom stereocenters. The molecule has 82 heavy (non-hydrogen) atoms. The van der Waals surface area contributed by atoms with Gasteiger partial charge in [-0.1, -0.05) is 187 Å². The second-order valence-corrected chi connectivity index (χ2v) is 25.6. The van der Waals surface area contributed by atoms with E-state index in [0.29, 0.717) is 27.9 Å². The number of benzene rings is 5. The normalized spacial score (nSPS) is 11.2. The van der Waals surface area contributed by atoms with Crippen molar-refractivity contribution < 1.29 is 23.5 Å². The van der Waals surface area contributed by atoms with E-state index in [1.54, 1.807) is 42.6 Å². The van der Waals surface area contributed by atoms with E-state index in [9.17, 15) is 23.5 Å². The molecule has 2 amide bonds. The molecule has 0 bridgehead atoms. The Kier molecular flexibility index (Phi) is 27.0. The molecular formula is C66H95F2N11O3. The summed E-state index contributed by atoms with van der Waals surface area (Å²) < 4.78 is 26.8. The van der Waals surface area contributed by atoms with Crippen molar-refractivity contribution in [1.82, 2.24) is 4.98 Å². The van der Waals surface area contributed by atoms with Gasteiger partial charge >= 0.3 is 0 Å². The second kappa shape index (κ2) is 30.0. The minimum atomic E-state index is -0.532. The van der Waals surface area contributed by atoms with Crippen LogP contribution in [0.4, 0.5) is 8.78 Å².